The van der Waals surface area contributed by atoms with E-state index in [0.29, 0.717) is 11.5 Å². The Morgan fingerprint density at radius 1 is 0.466 bits per heavy atom. The number of aromatic hydroxyl groups is 2. The molecule has 12 nitrogen and oxygen atoms in total. The Balaban J connectivity index is 0.000000187. The van der Waals surface area contributed by atoms with Crippen LogP contribution in [0, 0.1) is 0 Å². The zero-order valence-electron chi connectivity index (χ0n) is 35.3. The van der Waals surface area contributed by atoms with Gasteiger partial charge in [0.05, 0.1) is 45.0 Å². The van der Waals surface area contributed by atoms with Gasteiger partial charge in [-0.1, -0.05) is 24.3 Å². The Labute approximate surface area is 342 Å². The van der Waals surface area contributed by atoms with E-state index in [-0.39, 0.29) is 11.5 Å². The molecule has 0 aliphatic carbocycles. The first-order chi connectivity index (χ1) is 27.8. The van der Waals surface area contributed by atoms with Crippen molar-refractivity contribution in [2.45, 2.75) is 51.4 Å². The van der Waals surface area contributed by atoms with E-state index in [1.165, 1.54) is 32.1 Å². The fourth-order valence-corrected chi connectivity index (χ4v) is 9.02. The first-order valence-corrected chi connectivity index (χ1v) is 20.4. The van der Waals surface area contributed by atoms with Gasteiger partial charge >= 0.3 is 12.2 Å². The summed E-state index contributed by atoms with van der Waals surface area (Å²) in [5, 5.41) is 21.4. The van der Waals surface area contributed by atoms with Gasteiger partial charge in [-0.2, -0.15) is 0 Å². The highest BCUT2D eigenvalue weighted by molar-refractivity contribution is 5.99. The molecule has 2 N–H and O–H groups in total. The first-order valence-electron chi connectivity index (χ1n) is 20.4. The Morgan fingerprint density at radius 3 is 1.03 bits per heavy atom. The molecule has 4 aromatic carbocycles. The summed E-state index contributed by atoms with van der Waals surface area (Å²) in [5.41, 5.74) is 12.2. The van der Waals surface area contributed by atoms with Crippen LogP contribution in [0.15, 0.2) is 48.5 Å². The van der Waals surface area contributed by atoms with Gasteiger partial charge < -0.3 is 49.1 Å². The van der Waals surface area contributed by atoms with Gasteiger partial charge in [0.15, 0.2) is 0 Å². The Kier molecular flexibility index (Phi) is 11.6. The summed E-state index contributed by atoms with van der Waals surface area (Å²) in [6, 6.07) is 15.4. The fourth-order valence-electron chi connectivity index (χ4n) is 9.02. The number of carbonyl (C=O) groups is 2. The summed E-state index contributed by atoms with van der Waals surface area (Å²) in [6.07, 6.45) is 7.33. The van der Waals surface area contributed by atoms with E-state index < -0.39 is 12.2 Å². The largest absolute Gasteiger partial charge is 0.507 e. The maximum atomic E-state index is 12.6. The summed E-state index contributed by atoms with van der Waals surface area (Å²) in [7, 11) is 14.9. The molecule has 2 amide bonds. The lowest BCUT2D eigenvalue weighted by Gasteiger charge is -2.35. The molecule has 4 heterocycles. The second-order valence-corrected chi connectivity index (χ2v) is 16.5. The van der Waals surface area contributed by atoms with E-state index in [1.807, 2.05) is 36.4 Å². The maximum absolute atomic E-state index is 12.6. The first kappa shape index (κ1) is 40.4. The summed E-state index contributed by atoms with van der Waals surface area (Å²) in [5.74, 6) is 1.40. The van der Waals surface area contributed by atoms with E-state index in [1.54, 1.807) is 40.3 Å². The zero-order chi connectivity index (χ0) is 41.4. The van der Waals surface area contributed by atoms with Crippen LogP contribution < -0.4 is 29.1 Å². The highest BCUT2D eigenvalue weighted by Crippen LogP contribution is 2.53. The smallest absolute Gasteiger partial charge is 0.414 e. The fraction of sp³-hybridized carbons (Fsp3) is 0.435. The van der Waals surface area contributed by atoms with Crippen LogP contribution in [0.2, 0.25) is 0 Å². The number of aryl methyl sites for hydroxylation is 4. The van der Waals surface area contributed by atoms with E-state index in [9.17, 15) is 19.8 Å². The van der Waals surface area contributed by atoms with Crippen molar-refractivity contribution in [3.8, 4) is 45.3 Å². The lowest BCUT2D eigenvalue weighted by atomic mass is 9.88. The van der Waals surface area contributed by atoms with E-state index in [0.717, 1.165) is 123 Å². The van der Waals surface area contributed by atoms with E-state index in [2.05, 4.69) is 47.8 Å². The molecule has 0 spiro atoms. The molecular weight excluding hydrogens is 733 g/mol. The van der Waals surface area contributed by atoms with Gasteiger partial charge in [-0.05, 0) is 97.9 Å². The maximum Gasteiger partial charge on any atom is 0.414 e. The van der Waals surface area contributed by atoms with Gasteiger partial charge in [-0.25, -0.2) is 9.59 Å². The molecule has 8 rings (SSSR count). The average molecular weight is 791 g/mol. The number of hydrogen-bond donors (Lipinski definition) is 2. The molecule has 12 heteroatoms. The molecule has 0 atom stereocenters. The molecule has 0 bridgehead atoms. The molecule has 0 fully saturated rings. The SMILES string of the molecule is CN(C)C(=O)Oc1ccc2c(c1-c1c(OC(=O)N(C)C)ccc3c1N(C)CCC3)N(C)CCC2.CN1CCCc2ccc(O)c(-c3c(O)ccc4c3N(C)CCC4)c21. The van der Waals surface area contributed by atoms with Crippen molar-refractivity contribution in [1.82, 2.24) is 9.80 Å². The monoisotopic (exact) mass is 790 g/mol. The molecular formula is C46H58N6O6. The Morgan fingerprint density at radius 2 is 0.741 bits per heavy atom. The van der Waals surface area contributed by atoms with E-state index >= 15 is 0 Å². The van der Waals surface area contributed by atoms with Crippen LogP contribution >= 0.6 is 0 Å². The second-order valence-electron chi connectivity index (χ2n) is 16.5. The van der Waals surface area contributed by atoms with Crippen LogP contribution in [-0.4, -0.2) is 115 Å². The minimum Gasteiger partial charge on any atom is -0.507 e. The molecule has 0 saturated carbocycles. The average Bonchev–Trinajstić information content (AvgIpc) is 3.19. The predicted molar refractivity (Wildman–Crippen MR) is 233 cm³/mol. The van der Waals surface area contributed by atoms with Crippen LogP contribution in [0.1, 0.15) is 47.9 Å². The summed E-state index contributed by atoms with van der Waals surface area (Å²) in [6.45, 7) is 3.72. The lowest BCUT2D eigenvalue weighted by Crippen LogP contribution is -2.30. The number of anilines is 4. The van der Waals surface area contributed by atoms with Gasteiger partial charge in [-0.3, -0.25) is 0 Å². The molecule has 308 valence electrons. The molecule has 0 aromatic heterocycles. The van der Waals surface area contributed by atoms with Gasteiger partial charge in [0.2, 0.25) is 0 Å². The minimum absolute atomic E-state index is 0.241. The molecule has 0 saturated heterocycles. The number of amides is 2. The molecule has 4 aromatic rings. The summed E-state index contributed by atoms with van der Waals surface area (Å²) < 4.78 is 11.8. The molecule has 58 heavy (non-hydrogen) atoms. The summed E-state index contributed by atoms with van der Waals surface area (Å²) >= 11 is 0. The van der Waals surface area contributed by atoms with Crippen molar-refractivity contribution in [2.75, 3.05) is 102 Å². The number of hydrogen-bond acceptors (Lipinski definition) is 10. The van der Waals surface area contributed by atoms with Crippen LogP contribution in [0.4, 0.5) is 32.3 Å². The van der Waals surface area contributed by atoms with Gasteiger partial charge in [0, 0.05) is 82.6 Å². The quantitative estimate of drug-likeness (QED) is 0.213. The van der Waals surface area contributed by atoms with Crippen molar-refractivity contribution in [3.05, 3.63) is 70.8 Å². The zero-order valence-corrected chi connectivity index (χ0v) is 35.3. The molecule has 0 radical (unpaired) electrons. The van der Waals surface area contributed by atoms with Crippen molar-refractivity contribution < 1.29 is 29.3 Å². The van der Waals surface area contributed by atoms with Crippen molar-refractivity contribution in [1.29, 1.82) is 0 Å². The van der Waals surface area contributed by atoms with Crippen molar-refractivity contribution >= 4 is 34.9 Å². The molecule has 0 unspecified atom stereocenters. The van der Waals surface area contributed by atoms with Gasteiger partial charge in [0.25, 0.3) is 0 Å². The standard InChI is InChI=1S/C26H34N4O4.C20H24N2O2/c1-27(2)25(31)33-19-13-11-17-9-7-15-29(5)23(17)21(19)22-20(34-26(32)28(3)4)14-12-18-10-8-16-30(6)24(18)22;1-21-11-3-5-13-7-9-15(23)17(19(13)21)18-16(24)10-8-14-6-4-12-22(2)20(14)18/h11-14H,7-10,15-16H2,1-6H3;7-10,23-24H,3-6,11-12H2,1-2H3. The number of fused-ring (bicyclic) bond motifs is 4. The van der Waals surface area contributed by atoms with Crippen LogP contribution in [0.5, 0.6) is 23.0 Å². The Hall–Kier alpha value is -5.78. The van der Waals surface area contributed by atoms with Crippen LogP contribution in [0.25, 0.3) is 22.3 Å². The number of phenolic OH excluding ortho intramolecular Hbond substituents is 2. The third kappa shape index (κ3) is 7.64. The second kappa shape index (κ2) is 16.6. The third-order valence-corrected chi connectivity index (χ3v) is 11.8. The normalized spacial score (nSPS) is 15.6. The van der Waals surface area contributed by atoms with Gasteiger partial charge in [-0.15, -0.1) is 0 Å². The predicted octanol–water partition coefficient (Wildman–Crippen LogP) is 7.77. The highest BCUT2D eigenvalue weighted by atomic mass is 16.6. The number of carbonyl (C=O) groups excluding carboxylic acids is 2. The number of ether oxygens (including phenoxy) is 2. The minimum atomic E-state index is -0.454. The van der Waals surface area contributed by atoms with Crippen molar-refractivity contribution in [2.24, 2.45) is 0 Å². The Bertz CT molecular complexity index is 2060. The highest BCUT2D eigenvalue weighted by Gasteiger charge is 2.32. The number of benzene rings is 4. The number of phenols is 2. The lowest BCUT2D eigenvalue weighted by molar-refractivity contribution is 0.170. The van der Waals surface area contributed by atoms with Crippen molar-refractivity contribution in [3.63, 3.8) is 0 Å². The molecule has 4 aliphatic heterocycles. The summed E-state index contributed by atoms with van der Waals surface area (Å²) in [4.78, 5) is 36.9. The van der Waals surface area contributed by atoms with Crippen LogP contribution in [-0.2, 0) is 25.7 Å². The third-order valence-electron chi connectivity index (χ3n) is 11.8. The van der Waals surface area contributed by atoms with Gasteiger partial charge in [0.1, 0.15) is 23.0 Å². The number of nitrogens with zero attached hydrogens (tertiary/aromatic N) is 6. The van der Waals surface area contributed by atoms with E-state index in [4.69, 9.17) is 9.47 Å². The molecule has 4 aliphatic rings. The van der Waals surface area contributed by atoms with Crippen LogP contribution in [0.3, 0.4) is 0 Å². The number of rotatable bonds is 4. The topological polar surface area (TPSA) is 112 Å².